The minimum Gasteiger partial charge on any atom is -0.487 e. The molecule has 0 saturated carbocycles. The zero-order chi connectivity index (χ0) is 19.9. The van der Waals surface area contributed by atoms with Gasteiger partial charge in [0.15, 0.2) is 0 Å². The number of benzene rings is 2. The number of amides is 1. The molecular weight excluding hydrogens is 354 g/mol. The van der Waals surface area contributed by atoms with E-state index < -0.39 is 0 Å². The number of para-hydroxylation sites is 2. The van der Waals surface area contributed by atoms with Gasteiger partial charge in [-0.15, -0.1) is 0 Å². The third-order valence-electron chi connectivity index (χ3n) is 5.07. The first-order chi connectivity index (χ1) is 13.3. The van der Waals surface area contributed by atoms with E-state index in [2.05, 4.69) is 10.3 Å². The summed E-state index contributed by atoms with van der Waals surface area (Å²) < 4.78 is 7.44. The first-order valence-electron chi connectivity index (χ1n) is 9.37. The van der Waals surface area contributed by atoms with Crippen LogP contribution in [0.15, 0.2) is 53.3 Å². The van der Waals surface area contributed by atoms with Gasteiger partial charge in [0.05, 0.1) is 16.9 Å². The van der Waals surface area contributed by atoms with Gasteiger partial charge in [-0.25, -0.2) is 4.98 Å². The smallest absolute Gasteiger partial charge is 0.261 e. The highest BCUT2D eigenvalue weighted by atomic mass is 16.5. The molecule has 0 saturated heterocycles. The average molecular weight is 377 g/mol. The van der Waals surface area contributed by atoms with Crippen molar-refractivity contribution >= 4 is 16.8 Å². The molecular formula is C22H23N3O3. The van der Waals surface area contributed by atoms with Gasteiger partial charge in [0.2, 0.25) is 5.91 Å². The highest BCUT2D eigenvalue weighted by molar-refractivity contribution is 5.79. The number of nitrogens with one attached hydrogen (secondary N) is 1. The summed E-state index contributed by atoms with van der Waals surface area (Å²) in [5, 5.41) is 3.59. The van der Waals surface area contributed by atoms with E-state index in [1.165, 1.54) is 4.57 Å². The summed E-state index contributed by atoms with van der Waals surface area (Å²) in [4.78, 5) is 30.1. The van der Waals surface area contributed by atoms with Crippen LogP contribution >= 0.6 is 0 Å². The number of carbonyl (C=O) groups excluding carboxylic acids is 1. The summed E-state index contributed by atoms with van der Waals surface area (Å²) in [6.45, 7) is 5.68. The van der Waals surface area contributed by atoms with Gasteiger partial charge in [-0.3, -0.25) is 14.2 Å². The molecule has 3 aromatic rings. The molecule has 6 heteroatoms. The van der Waals surface area contributed by atoms with Crippen molar-refractivity contribution in [3.05, 3.63) is 70.3 Å². The molecule has 2 aromatic carbocycles. The summed E-state index contributed by atoms with van der Waals surface area (Å²) in [6, 6.07) is 14.7. The predicted octanol–water partition coefficient (Wildman–Crippen LogP) is 3.12. The van der Waals surface area contributed by atoms with E-state index in [4.69, 9.17) is 4.74 Å². The second-order valence-corrected chi connectivity index (χ2v) is 7.79. The van der Waals surface area contributed by atoms with Crippen LogP contribution in [0.3, 0.4) is 0 Å². The summed E-state index contributed by atoms with van der Waals surface area (Å²) >= 11 is 0. The number of carbonyl (C=O) groups is 1. The van der Waals surface area contributed by atoms with Crippen LogP contribution < -0.4 is 15.6 Å². The van der Waals surface area contributed by atoms with E-state index in [-0.39, 0.29) is 29.7 Å². The number of hydrogen-bond donors (Lipinski definition) is 1. The van der Waals surface area contributed by atoms with Gasteiger partial charge in [-0.1, -0.05) is 30.3 Å². The maximum Gasteiger partial charge on any atom is 0.261 e. The number of nitrogens with zero attached hydrogens (tertiary/aromatic N) is 2. The Kier molecular flexibility index (Phi) is 4.41. The molecule has 0 radical (unpaired) electrons. The number of ether oxygens (including phenoxy) is 1. The number of hydrogen-bond acceptors (Lipinski definition) is 4. The van der Waals surface area contributed by atoms with Gasteiger partial charge in [0, 0.05) is 12.0 Å². The molecule has 1 aromatic heterocycles. The topological polar surface area (TPSA) is 73.2 Å². The molecule has 1 aliphatic rings. The molecule has 2 heterocycles. The van der Waals surface area contributed by atoms with Gasteiger partial charge in [0.1, 0.15) is 23.7 Å². The van der Waals surface area contributed by atoms with Crippen LogP contribution in [-0.2, 0) is 11.3 Å². The number of fused-ring (bicyclic) bond motifs is 2. The quantitative estimate of drug-likeness (QED) is 0.761. The molecule has 1 aliphatic heterocycles. The second kappa shape index (κ2) is 6.78. The molecule has 1 atom stereocenters. The van der Waals surface area contributed by atoms with Crippen LogP contribution in [-0.4, -0.2) is 21.1 Å². The Morgan fingerprint density at radius 3 is 2.75 bits per heavy atom. The molecule has 0 unspecified atom stereocenters. The van der Waals surface area contributed by atoms with E-state index in [0.717, 1.165) is 11.3 Å². The van der Waals surface area contributed by atoms with Crippen molar-refractivity contribution in [2.75, 3.05) is 0 Å². The molecule has 1 N–H and O–H groups in total. The Balaban J connectivity index is 1.61. The van der Waals surface area contributed by atoms with Crippen LogP contribution in [0, 0.1) is 6.92 Å². The van der Waals surface area contributed by atoms with Gasteiger partial charge in [-0.05, 0) is 39.0 Å². The van der Waals surface area contributed by atoms with E-state index in [9.17, 15) is 9.59 Å². The molecule has 0 bridgehead atoms. The Morgan fingerprint density at radius 2 is 1.93 bits per heavy atom. The molecule has 4 rings (SSSR count). The lowest BCUT2D eigenvalue weighted by atomic mass is 9.89. The first-order valence-corrected chi connectivity index (χ1v) is 9.37. The zero-order valence-corrected chi connectivity index (χ0v) is 16.2. The van der Waals surface area contributed by atoms with E-state index in [0.29, 0.717) is 23.1 Å². The Hall–Kier alpha value is -3.15. The van der Waals surface area contributed by atoms with Crippen molar-refractivity contribution in [1.82, 2.24) is 14.9 Å². The third kappa shape index (κ3) is 3.38. The molecule has 6 nitrogen and oxygen atoms in total. The fourth-order valence-electron chi connectivity index (χ4n) is 3.78. The fraction of sp³-hybridized carbons (Fsp3) is 0.318. The largest absolute Gasteiger partial charge is 0.487 e. The Morgan fingerprint density at radius 1 is 1.21 bits per heavy atom. The number of aromatic nitrogens is 2. The van der Waals surface area contributed by atoms with Gasteiger partial charge in [0.25, 0.3) is 5.56 Å². The van der Waals surface area contributed by atoms with Crippen molar-refractivity contribution in [3.8, 4) is 5.75 Å². The lowest BCUT2D eigenvalue weighted by Crippen LogP contribution is -2.43. The maximum absolute atomic E-state index is 12.8. The molecule has 1 amide bonds. The van der Waals surface area contributed by atoms with Crippen molar-refractivity contribution in [2.24, 2.45) is 0 Å². The summed E-state index contributed by atoms with van der Waals surface area (Å²) in [7, 11) is 0. The summed E-state index contributed by atoms with van der Waals surface area (Å²) in [5.74, 6) is 1.08. The van der Waals surface area contributed by atoms with E-state index in [1.807, 2.05) is 44.2 Å². The predicted molar refractivity (Wildman–Crippen MR) is 107 cm³/mol. The minimum atomic E-state index is -0.385. The standard InChI is InChI=1S/C22H23N3O3/c1-14-23-17-10-6-4-9-16(17)21(27)25(14)13-20(26)24-18-12-22(2,3)28-19-11-7-5-8-15(18)19/h4-11,18H,12-13H2,1-3H3,(H,24,26)/t18-/m1/s1. The molecule has 144 valence electrons. The van der Waals surface area contributed by atoms with Crippen LogP contribution in [0.4, 0.5) is 0 Å². The Labute approximate surface area is 163 Å². The summed E-state index contributed by atoms with van der Waals surface area (Å²) in [6.07, 6.45) is 0.652. The Bertz CT molecular complexity index is 1120. The first kappa shape index (κ1) is 18.2. The normalized spacial score (nSPS) is 17.6. The lowest BCUT2D eigenvalue weighted by molar-refractivity contribution is -0.123. The average Bonchev–Trinajstić information content (AvgIpc) is 2.64. The van der Waals surface area contributed by atoms with Crippen molar-refractivity contribution < 1.29 is 9.53 Å². The zero-order valence-electron chi connectivity index (χ0n) is 16.2. The second-order valence-electron chi connectivity index (χ2n) is 7.79. The van der Waals surface area contributed by atoms with E-state index in [1.54, 1.807) is 25.1 Å². The van der Waals surface area contributed by atoms with Crippen molar-refractivity contribution in [3.63, 3.8) is 0 Å². The van der Waals surface area contributed by atoms with Gasteiger partial charge < -0.3 is 10.1 Å². The molecule has 28 heavy (non-hydrogen) atoms. The van der Waals surface area contributed by atoms with Gasteiger partial charge in [-0.2, -0.15) is 0 Å². The van der Waals surface area contributed by atoms with E-state index >= 15 is 0 Å². The van der Waals surface area contributed by atoms with Crippen LogP contribution in [0.1, 0.15) is 37.7 Å². The minimum absolute atomic E-state index is 0.0670. The lowest BCUT2D eigenvalue weighted by Gasteiger charge is -2.37. The fourth-order valence-corrected chi connectivity index (χ4v) is 3.78. The molecule has 0 fully saturated rings. The monoisotopic (exact) mass is 377 g/mol. The SMILES string of the molecule is Cc1nc2ccccc2c(=O)n1CC(=O)N[C@@H]1CC(C)(C)Oc2ccccc21. The third-order valence-corrected chi connectivity index (χ3v) is 5.07. The highest BCUT2D eigenvalue weighted by Crippen LogP contribution is 2.39. The maximum atomic E-state index is 12.8. The van der Waals surface area contributed by atoms with Crippen LogP contribution in [0.5, 0.6) is 5.75 Å². The van der Waals surface area contributed by atoms with Gasteiger partial charge >= 0.3 is 0 Å². The highest BCUT2D eigenvalue weighted by Gasteiger charge is 2.34. The van der Waals surface area contributed by atoms with Crippen molar-refractivity contribution in [1.29, 1.82) is 0 Å². The van der Waals surface area contributed by atoms with Crippen LogP contribution in [0.25, 0.3) is 10.9 Å². The number of rotatable bonds is 3. The summed E-state index contributed by atoms with van der Waals surface area (Å²) in [5.41, 5.74) is 1.01. The number of aryl methyl sites for hydroxylation is 1. The molecule has 0 aliphatic carbocycles. The van der Waals surface area contributed by atoms with Crippen molar-refractivity contribution in [2.45, 2.75) is 45.4 Å². The van der Waals surface area contributed by atoms with Crippen LogP contribution in [0.2, 0.25) is 0 Å². The molecule has 0 spiro atoms.